The first-order valence-corrected chi connectivity index (χ1v) is 6.84. The lowest BCUT2D eigenvalue weighted by Crippen LogP contribution is -2.19. The van der Waals surface area contributed by atoms with Crippen molar-refractivity contribution in [3.63, 3.8) is 0 Å². The fraction of sp³-hybridized carbons (Fsp3) is 0.250. The Hall–Kier alpha value is -1.71. The molecule has 1 unspecified atom stereocenters. The first-order chi connectivity index (χ1) is 9.70. The monoisotopic (exact) mass is 290 g/mol. The largest absolute Gasteiger partial charge is 0.496 e. The highest BCUT2D eigenvalue weighted by molar-refractivity contribution is 6.31. The first-order valence-electron chi connectivity index (χ1n) is 6.46. The van der Waals surface area contributed by atoms with Crippen LogP contribution in [0.1, 0.15) is 29.8 Å². The van der Waals surface area contributed by atoms with Gasteiger partial charge in [-0.3, -0.25) is 0 Å². The molecule has 2 aromatic carbocycles. The van der Waals surface area contributed by atoms with E-state index in [0.29, 0.717) is 22.9 Å². The summed E-state index contributed by atoms with van der Waals surface area (Å²) in [7, 11) is 1.60. The molecule has 2 aromatic rings. The second-order valence-corrected chi connectivity index (χ2v) is 5.16. The molecule has 0 saturated carbocycles. The Kier molecular flexibility index (Phi) is 3.55. The van der Waals surface area contributed by atoms with Crippen LogP contribution >= 0.6 is 11.6 Å². The maximum absolute atomic E-state index is 10.3. The van der Waals surface area contributed by atoms with E-state index in [4.69, 9.17) is 21.1 Å². The standard InChI is InChI=1S/C16H15ClO3/c1-19-14-8-4-6-11(17)16(14)15-9-12(18)10-5-2-3-7-13(10)20-15/h2-8,12,15,18H,9H2,1H3/t12-,15?/m1/s1. The van der Waals surface area contributed by atoms with Crippen molar-refractivity contribution in [2.45, 2.75) is 18.6 Å². The summed E-state index contributed by atoms with van der Waals surface area (Å²) in [5, 5.41) is 10.9. The maximum Gasteiger partial charge on any atom is 0.132 e. The average molecular weight is 291 g/mol. The van der Waals surface area contributed by atoms with Gasteiger partial charge < -0.3 is 14.6 Å². The molecule has 0 radical (unpaired) electrons. The van der Waals surface area contributed by atoms with E-state index in [9.17, 15) is 5.11 Å². The molecule has 20 heavy (non-hydrogen) atoms. The van der Waals surface area contributed by atoms with Gasteiger partial charge in [0.25, 0.3) is 0 Å². The predicted molar refractivity (Wildman–Crippen MR) is 77.4 cm³/mol. The van der Waals surface area contributed by atoms with Crippen LogP contribution in [0.15, 0.2) is 42.5 Å². The summed E-state index contributed by atoms with van der Waals surface area (Å²) in [5.41, 5.74) is 1.60. The molecule has 0 amide bonds. The molecule has 3 nitrogen and oxygen atoms in total. The number of rotatable bonds is 2. The van der Waals surface area contributed by atoms with Gasteiger partial charge in [-0.1, -0.05) is 35.9 Å². The van der Waals surface area contributed by atoms with Crippen molar-refractivity contribution >= 4 is 11.6 Å². The minimum atomic E-state index is -0.564. The molecule has 0 saturated heterocycles. The first kappa shape index (κ1) is 13.3. The van der Waals surface area contributed by atoms with Gasteiger partial charge in [0.2, 0.25) is 0 Å². The molecule has 0 bridgehead atoms. The SMILES string of the molecule is COc1cccc(Cl)c1C1C[C@@H](O)c2ccccc2O1. The van der Waals surface area contributed by atoms with E-state index >= 15 is 0 Å². The number of fused-ring (bicyclic) bond motifs is 1. The molecule has 1 aliphatic rings. The van der Waals surface area contributed by atoms with E-state index in [1.54, 1.807) is 13.2 Å². The van der Waals surface area contributed by atoms with E-state index in [2.05, 4.69) is 0 Å². The molecular formula is C16H15ClO3. The van der Waals surface area contributed by atoms with E-state index in [0.717, 1.165) is 11.1 Å². The minimum Gasteiger partial charge on any atom is -0.496 e. The van der Waals surface area contributed by atoms with Crippen molar-refractivity contribution in [2.75, 3.05) is 7.11 Å². The molecule has 0 spiro atoms. The number of hydrogen-bond acceptors (Lipinski definition) is 3. The van der Waals surface area contributed by atoms with Gasteiger partial charge in [-0.25, -0.2) is 0 Å². The Labute approximate surface area is 122 Å². The van der Waals surface area contributed by atoms with Crippen molar-refractivity contribution in [2.24, 2.45) is 0 Å². The second-order valence-electron chi connectivity index (χ2n) is 4.75. The average Bonchev–Trinajstić information content (AvgIpc) is 2.46. The lowest BCUT2D eigenvalue weighted by atomic mass is 9.94. The van der Waals surface area contributed by atoms with Crippen LogP contribution in [0.2, 0.25) is 5.02 Å². The Balaban J connectivity index is 2.02. The summed E-state index contributed by atoms with van der Waals surface area (Å²) < 4.78 is 11.3. The fourth-order valence-electron chi connectivity index (χ4n) is 2.58. The molecule has 0 aliphatic carbocycles. The number of benzene rings is 2. The van der Waals surface area contributed by atoms with Crippen molar-refractivity contribution < 1.29 is 14.6 Å². The molecule has 0 fully saturated rings. The summed E-state index contributed by atoms with van der Waals surface area (Å²) in [5.74, 6) is 1.37. The van der Waals surface area contributed by atoms with Crippen LogP contribution in [0.25, 0.3) is 0 Å². The van der Waals surface area contributed by atoms with Gasteiger partial charge in [0, 0.05) is 12.0 Å². The van der Waals surface area contributed by atoms with Gasteiger partial charge in [0.1, 0.15) is 17.6 Å². The van der Waals surface area contributed by atoms with Crippen molar-refractivity contribution in [3.05, 3.63) is 58.6 Å². The van der Waals surface area contributed by atoms with Crippen LogP contribution in [0, 0.1) is 0 Å². The highest BCUT2D eigenvalue weighted by Gasteiger charge is 2.30. The number of aliphatic hydroxyl groups excluding tert-OH is 1. The molecule has 1 aliphatic heterocycles. The van der Waals surface area contributed by atoms with Gasteiger partial charge >= 0.3 is 0 Å². The van der Waals surface area contributed by atoms with Crippen LogP contribution in [0.5, 0.6) is 11.5 Å². The van der Waals surface area contributed by atoms with Crippen molar-refractivity contribution in [1.82, 2.24) is 0 Å². The number of ether oxygens (including phenoxy) is 2. The summed E-state index contributed by atoms with van der Waals surface area (Å²) >= 11 is 6.27. The quantitative estimate of drug-likeness (QED) is 0.911. The van der Waals surface area contributed by atoms with Gasteiger partial charge in [-0.05, 0) is 18.2 Å². The Morgan fingerprint density at radius 1 is 1.20 bits per heavy atom. The smallest absolute Gasteiger partial charge is 0.132 e. The molecule has 4 heteroatoms. The zero-order valence-electron chi connectivity index (χ0n) is 11.0. The highest BCUT2D eigenvalue weighted by atomic mass is 35.5. The fourth-order valence-corrected chi connectivity index (χ4v) is 2.87. The molecule has 1 N–H and O–H groups in total. The van der Waals surface area contributed by atoms with Crippen LogP contribution < -0.4 is 9.47 Å². The lowest BCUT2D eigenvalue weighted by molar-refractivity contribution is 0.0646. The summed E-state index contributed by atoms with van der Waals surface area (Å²) in [6.45, 7) is 0. The van der Waals surface area contributed by atoms with Crippen LogP contribution in [0.4, 0.5) is 0 Å². The number of para-hydroxylation sites is 1. The topological polar surface area (TPSA) is 38.7 Å². The van der Waals surface area contributed by atoms with Crippen molar-refractivity contribution in [1.29, 1.82) is 0 Å². The third-order valence-corrected chi connectivity index (χ3v) is 3.87. The molecule has 3 rings (SSSR count). The van der Waals surface area contributed by atoms with E-state index in [-0.39, 0.29) is 6.10 Å². The second kappa shape index (κ2) is 5.35. The molecular weight excluding hydrogens is 276 g/mol. The number of halogens is 1. The van der Waals surface area contributed by atoms with Crippen LogP contribution in [0.3, 0.4) is 0 Å². The maximum atomic E-state index is 10.3. The Morgan fingerprint density at radius 2 is 2.00 bits per heavy atom. The summed E-state index contributed by atoms with van der Waals surface area (Å²) in [6.07, 6.45) is -0.425. The third kappa shape index (κ3) is 2.23. The number of aliphatic hydroxyl groups is 1. The van der Waals surface area contributed by atoms with E-state index in [1.807, 2.05) is 36.4 Å². The van der Waals surface area contributed by atoms with E-state index in [1.165, 1.54) is 0 Å². The predicted octanol–water partition coefficient (Wildman–Crippen LogP) is 3.91. The Bertz CT molecular complexity index is 627. The Morgan fingerprint density at radius 3 is 2.80 bits per heavy atom. The highest BCUT2D eigenvalue weighted by Crippen LogP contribution is 2.44. The third-order valence-electron chi connectivity index (χ3n) is 3.54. The lowest BCUT2D eigenvalue weighted by Gasteiger charge is -2.31. The normalized spacial score (nSPS) is 20.9. The zero-order valence-corrected chi connectivity index (χ0v) is 11.8. The van der Waals surface area contributed by atoms with Crippen LogP contribution in [-0.4, -0.2) is 12.2 Å². The van der Waals surface area contributed by atoms with Crippen molar-refractivity contribution in [3.8, 4) is 11.5 Å². The molecule has 1 heterocycles. The van der Waals surface area contributed by atoms with Crippen LogP contribution in [-0.2, 0) is 0 Å². The van der Waals surface area contributed by atoms with Gasteiger partial charge in [0.15, 0.2) is 0 Å². The summed E-state index contributed by atoms with van der Waals surface area (Å²) in [6, 6.07) is 13.0. The zero-order chi connectivity index (χ0) is 14.1. The summed E-state index contributed by atoms with van der Waals surface area (Å²) in [4.78, 5) is 0. The number of hydrogen-bond donors (Lipinski definition) is 1. The number of methoxy groups -OCH3 is 1. The molecule has 0 aromatic heterocycles. The van der Waals surface area contributed by atoms with Gasteiger partial charge in [0.05, 0.1) is 23.8 Å². The molecule has 2 atom stereocenters. The van der Waals surface area contributed by atoms with Gasteiger partial charge in [-0.2, -0.15) is 0 Å². The molecule has 104 valence electrons. The van der Waals surface area contributed by atoms with Gasteiger partial charge in [-0.15, -0.1) is 0 Å². The van der Waals surface area contributed by atoms with E-state index < -0.39 is 6.10 Å². The minimum absolute atomic E-state index is 0.316.